The van der Waals surface area contributed by atoms with E-state index >= 15 is 0 Å². The highest BCUT2D eigenvalue weighted by atomic mass is 35.5. The zero-order valence-corrected chi connectivity index (χ0v) is 35.0. The Morgan fingerprint density at radius 3 is 2.42 bits per heavy atom. The Bertz CT molecular complexity index is 2510. The normalized spacial score (nSPS) is 14.6. The Kier molecular flexibility index (Phi) is 13.8. The summed E-state index contributed by atoms with van der Waals surface area (Å²) in [6.45, 7) is 6.03. The highest BCUT2D eigenvalue weighted by molar-refractivity contribution is 6.30. The number of aliphatic hydroxyl groups is 1. The van der Waals surface area contributed by atoms with Gasteiger partial charge in [-0.3, -0.25) is 9.48 Å². The van der Waals surface area contributed by atoms with Gasteiger partial charge in [-0.2, -0.15) is 18.3 Å². The van der Waals surface area contributed by atoms with Crippen molar-refractivity contribution >= 4 is 17.5 Å². The number of carbonyl (C=O) groups excluding carboxylic acids is 1. The number of aromatic nitrogens is 2. The summed E-state index contributed by atoms with van der Waals surface area (Å²) in [4.78, 5) is 15.6. The number of halogens is 5. The largest absolute Gasteiger partial charge is 0.489 e. The van der Waals surface area contributed by atoms with Gasteiger partial charge < -0.3 is 29.5 Å². The Morgan fingerprint density at radius 1 is 0.952 bits per heavy atom. The molecule has 2 N–H and O–H groups in total. The molecule has 322 valence electrons. The van der Waals surface area contributed by atoms with Crippen molar-refractivity contribution in [3.05, 3.63) is 141 Å². The maximum Gasteiger partial charge on any atom is 0.419 e. The van der Waals surface area contributed by atoms with Crippen LogP contribution in [0.1, 0.15) is 78.0 Å². The number of hydrogen-bond acceptors (Lipinski definition) is 7. The molecule has 1 atom stereocenters. The van der Waals surface area contributed by atoms with Crippen molar-refractivity contribution in [2.75, 3.05) is 26.2 Å². The van der Waals surface area contributed by atoms with E-state index in [4.69, 9.17) is 25.8 Å². The van der Waals surface area contributed by atoms with Gasteiger partial charge >= 0.3 is 6.18 Å². The van der Waals surface area contributed by atoms with Gasteiger partial charge in [0, 0.05) is 73.4 Å². The van der Waals surface area contributed by atoms with Crippen LogP contribution in [0.2, 0.25) is 5.02 Å². The van der Waals surface area contributed by atoms with Crippen LogP contribution < -0.4 is 19.5 Å². The summed E-state index contributed by atoms with van der Waals surface area (Å²) in [5.74, 6) is 12.1. The number of aryl methyl sites for hydroxylation is 1. The highest BCUT2D eigenvalue weighted by Crippen LogP contribution is 2.44. The first kappa shape index (κ1) is 44.1. The number of ether oxygens (including phenoxy) is 3. The van der Waals surface area contributed by atoms with E-state index in [1.807, 2.05) is 53.6 Å². The average molecular weight is 869 g/mol. The molecule has 7 rings (SSSR count). The van der Waals surface area contributed by atoms with Crippen molar-refractivity contribution < 1.29 is 41.7 Å². The summed E-state index contributed by atoms with van der Waals surface area (Å²) in [6, 6.07) is 21.1. The molecular weight excluding hydrogens is 824 g/mol. The lowest BCUT2D eigenvalue weighted by Gasteiger charge is -2.39. The second kappa shape index (κ2) is 19.4. The summed E-state index contributed by atoms with van der Waals surface area (Å²) >= 11 is 6.10. The molecule has 14 heteroatoms. The highest BCUT2D eigenvalue weighted by Gasteiger charge is 2.46. The Balaban J connectivity index is 0.912. The quantitative estimate of drug-likeness (QED) is 0.0736. The van der Waals surface area contributed by atoms with Gasteiger partial charge in [-0.25, -0.2) is 4.39 Å². The van der Waals surface area contributed by atoms with Gasteiger partial charge in [0.15, 0.2) is 11.5 Å². The van der Waals surface area contributed by atoms with Crippen LogP contribution in [0.4, 0.5) is 17.6 Å². The minimum atomic E-state index is -4.82. The number of carbonyl (C=O) groups is 1. The minimum absolute atomic E-state index is 0.0851. The molecule has 0 saturated carbocycles. The van der Waals surface area contributed by atoms with Crippen LogP contribution in [0.5, 0.6) is 17.2 Å². The smallest absolute Gasteiger partial charge is 0.419 e. The zero-order chi connectivity index (χ0) is 43.9. The third-order valence-corrected chi connectivity index (χ3v) is 10.9. The number of nitrogens with zero attached hydrogens (tertiary/aromatic N) is 3. The third-order valence-electron chi connectivity index (χ3n) is 10.6. The summed E-state index contributed by atoms with van der Waals surface area (Å²) in [5.41, 5.74) is 2.60. The molecule has 1 fully saturated rings. The fraction of sp³-hybridized carbons (Fsp3) is 0.333. The van der Waals surface area contributed by atoms with Crippen molar-refractivity contribution in [2.45, 2.75) is 70.7 Å². The van der Waals surface area contributed by atoms with Gasteiger partial charge in [-0.05, 0) is 77.7 Å². The van der Waals surface area contributed by atoms with Gasteiger partial charge in [-0.1, -0.05) is 67.3 Å². The molecular formula is C48H45ClF4N4O5. The van der Waals surface area contributed by atoms with Crippen LogP contribution in [0, 0.1) is 35.4 Å². The van der Waals surface area contributed by atoms with E-state index in [2.05, 4.69) is 47.9 Å². The lowest BCUT2D eigenvalue weighted by molar-refractivity contribution is -0.148. The SMILES string of the molecule is CC(C)[C@H](C(=O)N1CCC2(CC1)Oc1ccc(C#CCCn3cc(C#Cc4ccc(OCc5ccc(F)c(C(F)(F)F)c5)c(CNCCO)c4)cn3)cc1O2)c1ccc(Cl)cc1. The minimum Gasteiger partial charge on any atom is -0.489 e. The number of fused-ring (bicyclic) bond motifs is 1. The molecule has 9 nitrogen and oxygen atoms in total. The zero-order valence-electron chi connectivity index (χ0n) is 34.2. The first-order valence-electron chi connectivity index (χ1n) is 20.3. The Morgan fingerprint density at radius 2 is 1.68 bits per heavy atom. The summed E-state index contributed by atoms with van der Waals surface area (Å²) < 4.78 is 73.7. The Hall–Kier alpha value is -5.99. The third kappa shape index (κ3) is 10.9. The van der Waals surface area contributed by atoms with E-state index in [9.17, 15) is 27.5 Å². The first-order chi connectivity index (χ1) is 29.8. The molecule has 5 aromatic rings. The molecule has 1 aromatic heterocycles. The van der Waals surface area contributed by atoms with Gasteiger partial charge in [0.2, 0.25) is 5.91 Å². The second-order valence-corrected chi connectivity index (χ2v) is 15.9. The van der Waals surface area contributed by atoms with Crippen LogP contribution in [-0.4, -0.2) is 57.7 Å². The number of alkyl halides is 3. The lowest BCUT2D eigenvalue weighted by atomic mass is 9.86. The number of hydrogen-bond donors (Lipinski definition) is 2. The number of likely N-dealkylation sites (tertiary alicyclic amines) is 1. The van der Waals surface area contributed by atoms with E-state index in [0.29, 0.717) is 90.9 Å². The van der Waals surface area contributed by atoms with Crippen molar-refractivity contribution in [3.8, 4) is 40.9 Å². The number of piperidine rings is 1. The van der Waals surface area contributed by atoms with Crippen LogP contribution in [-0.2, 0) is 30.7 Å². The maximum atomic E-state index is 13.8. The second-order valence-electron chi connectivity index (χ2n) is 15.5. The van der Waals surface area contributed by atoms with Gasteiger partial charge in [-0.15, -0.1) is 0 Å². The molecule has 4 aromatic carbocycles. The molecule has 1 spiro atoms. The standard InChI is InChI=1S/C48H45ClF4N4O5/c1-32(2)45(37-11-13-39(49)14-12-37)46(59)56-22-18-47(19-23-56)61-43-17-10-33(27-44(43)62-47)5-3-4-21-57-30-36(28-55-57)7-6-34-9-16-42(38(25-34)29-54-20-24-58)60-31-35-8-15-41(50)40(26-35)48(51,52)53/h8-17,25-28,30,32,45,54,58H,4,18-24,29,31H2,1-2H3/t45-/m0/s1. The molecule has 62 heavy (non-hydrogen) atoms. The number of aliphatic hydroxyl groups excluding tert-OH is 1. The fourth-order valence-corrected chi connectivity index (χ4v) is 7.56. The van der Waals surface area contributed by atoms with Crippen molar-refractivity contribution in [2.24, 2.45) is 5.92 Å². The van der Waals surface area contributed by atoms with E-state index in [-0.39, 0.29) is 36.5 Å². The van der Waals surface area contributed by atoms with Gasteiger partial charge in [0.1, 0.15) is 18.2 Å². The van der Waals surface area contributed by atoms with E-state index < -0.39 is 23.3 Å². The average Bonchev–Trinajstić information content (AvgIpc) is 3.85. The fourth-order valence-electron chi connectivity index (χ4n) is 7.43. The molecule has 0 unspecified atom stereocenters. The lowest BCUT2D eigenvalue weighted by Crippen LogP contribution is -2.52. The van der Waals surface area contributed by atoms with Gasteiger partial charge in [0.05, 0.1) is 36.4 Å². The summed E-state index contributed by atoms with van der Waals surface area (Å²) in [6.07, 6.45) is 0.284. The van der Waals surface area contributed by atoms with Crippen LogP contribution >= 0.6 is 11.6 Å². The Labute approximate surface area is 362 Å². The van der Waals surface area contributed by atoms with Crippen LogP contribution in [0.3, 0.4) is 0 Å². The summed E-state index contributed by atoms with van der Waals surface area (Å²) in [7, 11) is 0. The molecule has 1 saturated heterocycles. The summed E-state index contributed by atoms with van der Waals surface area (Å²) in [5, 5.41) is 17.4. The number of nitrogens with one attached hydrogen (secondary N) is 1. The van der Waals surface area contributed by atoms with Crippen molar-refractivity contribution in [3.63, 3.8) is 0 Å². The van der Waals surface area contributed by atoms with E-state index in [0.717, 1.165) is 23.3 Å². The van der Waals surface area contributed by atoms with Gasteiger partial charge in [0.25, 0.3) is 5.79 Å². The predicted molar refractivity (Wildman–Crippen MR) is 226 cm³/mol. The first-order valence-corrected chi connectivity index (χ1v) is 20.7. The molecule has 1 amide bonds. The molecule has 0 radical (unpaired) electrons. The molecule has 2 aliphatic heterocycles. The maximum absolute atomic E-state index is 13.8. The molecule has 0 bridgehead atoms. The van der Waals surface area contributed by atoms with Crippen molar-refractivity contribution in [1.29, 1.82) is 0 Å². The molecule has 3 heterocycles. The van der Waals surface area contributed by atoms with Crippen molar-refractivity contribution in [1.82, 2.24) is 20.0 Å². The topological polar surface area (TPSA) is 98.1 Å². The number of benzene rings is 4. The van der Waals surface area contributed by atoms with Crippen LogP contribution in [0.25, 0.3) is 0 Å². The van der Waals surface area contributed by atoms with Crippen LogP contribution in [0.15, 0.2) is 91.3 Å². The number of rotatable bonds is 12. The predicted octanol–water partition coefficient (Wildman–Crippen LogP) is 8.73. The molecule has 0 aliphatic carbocycles. The molecule has 2 aliphatic rings. The van der Waals surface area contributed by atoms with E-state index in [1.165, 1.54) is 6.07 Å². The number of amides is 1. The monoisotopic (exact) mass is 868 g/mol. The van der Waals surface area contributed by atoms with E-state index in [1.54, 1.807) is 29.1 Å².